The van der Waals surface area contributed by atoms with Crippen molar-refractivity contribution >= 4 is 21.8 Å². The predicted octanol–water partition coefficient (Wildman–Crippen LogP) is 28.4. The van der Waals surface area contributed by atoms with Gasteiger partial charge in [0.2, 0.25) is 0 Å². The van der Waals surface area contributed by atoms with Crippen LogP contribution in [0.15, 0.2) is 419 Å². The quantitative estimate of drug-likeness (QED) is 0.0903. The number of fused-ring (bicyclic) bond motifs is 3. The molecule has 0 aliphatic heterocycles. The van der Waals surface area contributed by atoms with E-state index in [0.717, 1.165) is 183 Å². The van der Waals surface area contributed by atoms with Crippen molar-refractivity contribution in [1.29, 1.82) is 0 Å². The minimum absolute atomic E-state index is 0.549. The van der Waals surface area contributed by atoms with Crippen molar-refractivity contribution < 1.29 is 0 Å². The van der Waals surface area contributed by atoms with Crippen LogP contribution < -0.4 is 0 Å². The molecular formula is C110H75N7. The van der Waals surface area contributed by atoms with Crippen molar-refractivity contribution in [2.24, 2.45) is 0 Å². The Labute approximate surface area is 680 Å². The molecule has 3 heterocycles. The Hall–Kier alpha value is -15.4. The van der Waals surface area contributed by atoms with E-state index in [-0.39, 0.29) is 0 Å². The molecule has 20 aromatic rings. The SMILES string of the molecule is Cc1cc(-c2cccc(-c3nc(-c4cc(-c5ccccc5)cc(-c5ccccc5)c4)nc(-c4cc(-c5ccccc5)cc(-c5ccccc5)c4)n3)c2)c2c(c1)c1cc(C)cc(-c3cccc(-c4nc(-c5cc(-c6ccccc6)cc(-c6ccccc6)c5)nc(-c5cc(-c6ccccc6)cc(-c6ccccc6)c5)n4)c3)c1n2-c1ccccc1. The molecule has 0 saturated carbocycles. The molecule has 0 spiro atoms. The third kappa shape index (κ3) is 14.4. The van der Waals surface area contributed by atoms with Crippen LogP contribution in [0.2, 0.25) is 0 Å². The molecule has 117 heavy (non-hydrogen) atoms. The number of aromatic nitrogens is 7. The molecule has 0 aliphatic rings. The van der Waals surface area contributed by atoms with E-state index in [1.807, 2.05) is 0 Å². The molecule has 550 valence electrons. The van der Waals surface area contributed by atoms with E-state index in [0.29, 0.717) is 34.9 Å². The summed E-state index contributed by atoms with van der Waals surface area (Å²) in [6.07, 6.45) is 0. The third-order valence-electron chi connectivity index (χ3n) is 22.0. The summed E-state index contributed by atoms with van der Waals surface area (Å²) in [5.74, 6) is 3.34. The number of hydrogen-bond acceptors (Lipinski definition) is 6. The summed E-state index contributed by atoms with van der Waals surface area (Å²) in [6, 6.07) is 149. The highest BCUT2D eigenvalue weighted by Gasteiger charge is 2.25. The number of hydrogen-bond donors (Lipinski definition) is 0. The minimum Gasteiger partial charge on any atom is -0.308 e. The molecule has 17 aromatic carbocycles. The Bertz CT molecular complexity index is 6150. The molecule has 7 heteroatoms. The maximum atomic E-state index is 5.59. The van der Waals surface area contributed by atoms with Crippen LogP contribution in [0.3, 0.4) is 0 Å². The minimum atomic E-state index is 0.549. The maximum absolute atomic E-state index is 5.59. The highest BCUT2D eigenvalue weighted by molar-refractivity contribution is 6.18. The molecule has 0 radical (unpaired) electrons. The van der Waals surface area contributed by atoms with E-state index in [1.54, 1.807) is 0 Å². The number of benzene rings is 17. The maximum Gasteiger partial charge on any atom is 0.164 e. The van der Waals surface area contributed by atoms with Crippen molar-refractivity contribution in [2.45, 2.75) is 13.8 Å². The highest BCUT2D eigenvalue weighted by Crippen LogP contribution is 2.46. The zero-order chi connectivity index (χ0) is 78.1. The summed E-state index contributed by atoms with van der Waals surface area (Å²) >= 11 is 0. The standard InChI is InChI=1S/C110H75N7/c1-72-54-99(82-48-30-50-84(58-82)105-111-107(94-64-86(74-32-12-3-13-33-74)60-87(65-94)75-34-14-4-15-35-75)115-108(112-105)95-66-88(76-36-16-5-17-37-76)61-89(67-95)77-38-18-6-19-39-77)103-101(56-72)102-57-73(2)55-100(104(102)117(103)98-52-28-11-29-53-98)83-49-31-51-85(59-83)106-113-109(96-68-90(78-40-20-7-21-41-78)62-91(69-96)79-42-22-8-23-43-79)116-110(114-106)97-70-92(80-44-24-9-25-45-80)63-93(71-97)81-46-26-10-27-47-81/h3-71H,1-2H3. The second-order valence-electron chi connectivity index (χ2n) is 30.0. The van der Waals surface area contributed by atoms with Crippen LogP contribution >= 0.6 is 0 Å². The van der Waals surface area contributed by atoms with Crippen LogP contribution in [-0.4, -0.2) is 34.5 Å². The molecule has 0 saturated heterocycles. The molecule has 0 amide bonds. The number of rotatable bonds is 17. The molecule has 3 aromatic heterocycles. The normalized spacial score (nSPS) is 11.3. The Kier molecular flexibility index (Phi) is 18.7. The predicted molar refractivity (Wildman–Crippen MR) is 484 cm³/mol. The van der Waals surface area contributed by atoms with Crippen LogP contribution in [0.1, 0.15) is 11.1 Å². The van der Waals surface area contributed by atoms with Gasteiger partial charge in [0.15, 0.2) is 34.9 Å². The van der Waals surface area contributed by atoms with Gasteiger partial charge in [0.25, 0.3) is 0 Å². The van der Waals surface area contributed by atoms with Gasteiger partial charge in [-0.15, -0.1) is 0 Å². The van der Waals surface area contributed by atoms with Gasteiger partial charge in [0.05, 0.1) is 11.0 Å². The summed E-state index contributed by atoms with van der Waals surface area (Å²) in [4.78, 5) is 33.5. The van der Waals surface area contributed by atoms with E-state index in [4.69, 9.17) is 29.9 Å². The average Bonchev–Trinajstić information content (AvgIpc) is 1.56. The summed E-state index contributed by atoms with van der Waals surface area (Å²) in [5, 5.41) is 2.26. The lowest BCUT2D eigenvalue weighted by Crippen LogP contribution is -2.02. The summed E-state index contributed by atoms with van der Waals surface area (Å²) < 4.78 is 2.48. The van der Waals surface area contributed by atoms with E-state index in [9.17, 15) is 0 Å². The molecular weight excluding hydrogens is 1420 g/mol. The first-order valence-corrected chi connectivity index (χ1v) is 39.7. The Morgan fingerprint density at radius 2 is 0.333 bits per heavy atom. The van der Waals surface area contributed by atoms with Gasteiger partial charge in [0, 0.05) is 61.0 Å². The topological polar surface area (TPSA) is 82.3 Å². The van der Waals surface area contributed by atoms with Crippen molar-refractivity contribution in [3.05, 3.63) is 430 Å². The zero-order valence-electron chi connectivity index (χ0n) is 64.5. The van der Waals surface area contributed by atoms with Gasteiger partial charge in [-0.25, -0.2) is 29.9 Å². The Morgan fingerprint density at radius 3 is 0.564 bits per heavy atom. The first-order chi connectivity index (χ1) is 57.7. The molecule has 0 atom stereocenters. The third-order valence-corrected chi connectivity index (χ3v) is 22.0. The summed E-state index contributed by atoms with van der Waals surface area (Å²) in [6.45, 7) is 4.42. The van der Waals surface area contributed by atoms with Gasteiger partial charge in [0.1, 0.15) is 0 Å². The highest BCUT2D eigenvalue weighted by atomic mass is 15.0. The van der Waals surface area contributed by atoms with Crippen LogP contribution in [0, 0.1) is 13.8 Å². The van der Waals surface area contributed by atoms with Gasteiger partial charge in [-0.05, 0) is 246 Å². The largest absolute Gasteiger partial charge is 0.308 e. The fraction of sp³-hybridized carbons (Fsp3) is 0.0182. The summed E-state index contributed by atoms with van der Waals surface area (Å²) in [7, 11) is 0. The lowest BCUT2D eigenvalue weighted by Gasteiger charge is -2.16. The Balaban J connectivity index is 0.773. The van der Waals surface area contributed by atoms with Crippen LogP contribution in [0.25, 0.3) is 207 Å². The van der Waals surface area contributed by atoms with Gasteiger partial charge in [-0.1, -0.05) is 297 Å². The van der Waals surface area contributed by atoms with Crippen LogP contribution in [-0.2, 0) is 0 Å². The average molecular weight is 1490 g/mol. The van der Waals surface area contributed by atoms with Gasteiger partial charge in [-0.3, -0.25) is 0 Å². The number of aryl methyl sites for hydroxylation is 2. The fourth-order valence-corrected chi connectivity index (χ4v) is 16.4. The molecule has 0 bridgehead atoms. The van der Waals surface area contributed by atoms with Gasteiger partial charge < -0.3 is 4.57 Å². The Morgan fingerprint density at radius 1 is 0.154 bits per heavy atom. The number of nitrogens with zero attached hydrogens (tertiary/aromatic N) is 7. The fourth-order valence-electron chi connectivity index (χ4n) is 16.4. The van der Waals surface area contributed by atoms with Gasteiger partial charge in [-0.2, -0.15) is 0 Å². The monoisotopic (exact) mass is 1490 g/mol. The van der Waals surface area contributed by atoms with Crippen molar-refractivity contribution in [2.75, 3.05) is 0 Å². The van der Waals surface area contributed by atoms with Crippen molar-refractivity contribution in [3.63, 3.8) is 0 Å². The van der Waals surface area contributed by atoms with Crippen LogP contribution in [0.5, 0.6) is 0 Å². The second kappa shape index (κ2) is 30.9. The first-order valence-electron chi connectivity index (χ1n) is 39.7. The molecule has 0 fully saturated rings. The molecule has 0 unspecified atom stereocenters. The van der Waals surface area contributed by atoms with Crippen molar-refractivity contribution in [3.8, 4) is 185 Å². The van der Waals surface area contributed by atoms with E-state index < -0.39 is 0 Å². The van der Waals surface area contributed by atoms with Gasteiger partial charge >= 0.3 is 0 Å². The lowest BCUT2D eigenvalue weighted by atomic mass is 9.95. The molecule has 7 nitrogen and oxygen atoms in total. The molecule has 20 rings (SSSR count). The smallest absolute Gasteiger partial charge is 0.164 e. The first kappa shape index (κ1) is 70.7. The number of para-hydroxylation sites is 1. The van der Waals surface area contributed by atoms with Crippen molar-refractivity contribution in [1.82, 2.24) is 34.5 Å². The van der Waals surface area contributed by atoms with E-state index in [1.165, 1.54) is 0 Å². The molecule has 0 aliphatic carbocycles. The van der Waals surface area contributed by atoms with Crippen LogP contribution in [0.4, 0.5) is 0 Å². The summed E-state index contributed by atoms with van der Waals surface area (Å²) in [5.41, 5.74) is 32.0. The van der Waals surface area contributed by atoms with E-state index in [2.05, 4.69) is 437 Å². The lowest BCUT2D eigenvalue weighted by molar-refractivity contribution is 1.07. The second-order valence-corrected chi connectivity index (χ2v) is 30.0. The van der Waals surface area contributed by atoms with E-state index >= 15 is 0 Å². The molecule has 0 N–H and O–H groups in total. The zero-order valence-corrected chi connectivity index (χ0v) is 64.5.